The molecule has 0 aliphatic heterocycles. The van der Waals surface area contributed by atoms with E-state index in [2.05, 4.69) is 0 Å². The topological polar surface area (TPSA) is 153 Å². The van der Waals surface area contributed by atoms with E-state index in [1.807, 2.05) is 0 Å². The van der Waals surface area contributed by atoms with Crippen molar-refractivity contribution in [3.05, 3.63) is 33.9 Å². The highest BCUT2D eigenvalue weighted by atomic mass is 16.6. The van der Waals surface area contributed by atoms with Gasteiger partial charge in [0.05, 0.1) is 4.92 Å². The molecule has 1 aromatic rings. The van der Waals surface area contributed by atoms with Gasteiger partial charge in [-0.15, -0.1) is 0 Å². The van der Waals surface area contributed by atoms with Gasteiger partial charge in [0, 0.05) is 6.07 Å². The average molecular weight is 241 g/mol. The molecule has 0 saturated carbocycles. The number of nitrogens with zero attached hydrogens (tertiary/aromatic N) is 1. The van der Waals surface area contributed by atoms with E-state index >= 15 is 0 Å². The van der Waals surface area contributed by atoms with Crippen molar-refractivity contribution in [2.45, 2.75) is 12.2 Å². The lowest BCUT2D eigenvalue weighted by Crippen LogP contribution is -2.33. The van der Waals surface area contributed by atoms with Crippen LogP contribution in [0.3, 0.4) is 0 Å². The van der Waals surface area contributed by atoms with Gasteiger partial charge in [-0.3, -0.25) is 14.9 Å². The number of aliphatic hydroxyl groups excluding tert-OH is 2. The maximum absolute atomic E-state index is 10.7. The Morgan fingerprint density at radius 2 is 2.00 bits per heavy atom. The van der Waals surface area contributed by atoms with Gasteiger partial charge in [0.1, 0.15) is 11.8 Å². The highest BCUT2D eigenvalue weighted by Crippen LogP contribution is 2.26. The number of amides is 1. The zero-order chi connectivity index (χ0) is 13.2. The summed E-state index contributed by atoms with van der Waals surface area (Å²) in [4.78, 5) is 20.5. The van der Waals surface area contributed by atoms with Gasteiger partial charge in [0.15, 0.2) is 6.10 Å². The minimum atomic E-state index is -1.83. The zero-order valence-corrected chi connectivity index (χ0v) is 8.61. The van der Waals surface area contributed by atoms with E-state index in [1.165, 1.54) is 12.1 Å². The maximum Gasteiger partial charge on any atom is 0.292 e. The lowest BCUT2D eigenvalue weighted by atomic mass is 10.0. The Labute approximate surface area is 95.6 Å². The number of hydrogen-bond acceptors (Lipinski definition) is 6. The summed E-state index contributed by atoms with van der Waals surface area (Å²) in [6, 6.07) is 3.44. The molecule has 0 fully saturated rings. The number of primary amides is 1. The third-order valence-electron chi connectivity index (χ3n) is 2.18. The Kier molecular flexibility index (Phi) is 3.61. The Balaban J connectivity index is 3.11. The summed E-state index contributed by atoms with van der Waals surface area (Å²) in [5, 5.41) is 29.4. The van der Waals surface area contributed by atoms with Crippen LogP contribution in [0.2, 0.25) is 0 Å². The van der Waals surface area contributed by atoms with Crippen LogP contribution < -0.4 is 11.5 Å². The number of carbonyl (C=O) groups excluding carboxylic acids is 1. The van der Waals surface area contributed by atoms with E-state index < -0.39 is 28.7 Å². The molecule has 0 spiro atoms. The second kappa shape index (κ2) is 4.76. The SMILES string of the molecule is NC(=O)C(O)C(O)c1ccc(N)c([N+](=O)[O-])c1. The number of benzene rings is 1. The molecular formula is C9H11N3O5. The predicted molar refractivity (Wildman–Crippen MR) is 57.7 cm³/mol. The van der Waals surface area contributed by atoms with E-state index in [4.69, 9.17) is 11.5 Å². The molecule has 0 heterocycles. The van der Waals surface area contributed by atoms with Crippen molar-refractivity contribution >= 4 is 17.3 Å². The lowest BCUT2D eigenvalue weighted by molar-refractivity contribution is -0.384. The smallest absolute Gasteiger partial charge is 0.292 e. The molecule has 0 saturated heterocycles. The van der Waals surface area contributed by atoms with E-state index in [-0.39, 0.29) is 11.3 Å². The molecule has 0 radical (unpaired) electrons. The molecule has 17 heavy (non-hydrogen) atoms. The molecule has 0 bridgehead atoms. The molecule has 0 aliphatic rings. The molecule has 8 heteroatoms. The summed E-state index contributed by atoms with van der Waals surface area (Å²) in [5.74, 6) is -1.13. The van der Waals surface area contributed by atoms with Crippen molar-refractivity contribution in [3.8, 4) is 0 Å². The second-order valence-corrected chi connectivity index (χ2v) is 3.37. The highest BCUT2D eigenvalue weighted by Gasteiger charge is 2.25. The maximum atomic E-state index is 10.7. The Morgan fingerprint density at radius 1 is 1.41 bits per heavy atom. The normalized spacial score (nSPS) is 14.0. The van der Waals surface area contributed by atoms with Crippen LogP contribution in [-0.4, -0.2) is 27.1 Å². The summed E-state index contributed by atoms with van der Waals surface area (Å²) < 4.78 is 0. The van der Waals surface area contributed by atoms with Gasteiger partial charge in [-0.05, 0) is 11.6 Å². The number of aliphatic hydroxyl groups is 2. The fourth-order valence-electron chi connectivity index (χ4n) is 1.24. The minimum Gasteiger partial charge on any atom is -0.393 e. The largest absolute Gasteiger partial charge is 0.393 e. The average Bonchev–Trinajstić information content (AvgIpc) is 2.27. The molecule has 92 valence electrons. The van der Waals surface area contributed by atoms with Crippen molar-refractivity contribution in [1.29, 1.82) is 0 Å². The number of nitro groups is 1. The molecule has 0 aliphatic carbocycles. The van der Waals surface area contributed by atoms with Gasteiger partial charge >= 0.3 is 0 Å². The van der Waals surface area contributed by atoms with Gasteiger partial charge in [0.2, 0.25) is 5.91 Å². The fraction of sp³-hybridized carbons (Fsp3) is 0.222. The number of hydrogen-bond donors (Lipinski definition) is 4. The molecule has 1 amide bonds. The standard InChI is InChI=1S/C9H11N3O5/c10-5-2-1-4(3-6(5)12(16)17)7(13)8(14)9(11)15/h1-3,7-8,13-14H,10H2,(H2,11,15). The van der Waals surface area contributed by atoms with Crippen molar-refractivity contribution in [3.63, 3.8) is 0 Å². The third-order valence-corrected chi connectivity index (χ3v) is 2.18. The van der Waals surface area contributed by atoms with E-state index in [0.717, 1.165) is 6.07 Å². The molecule has 1 aromatic carbocycles. The predicted octanol–water partition coefficient (Wildman–Crippen LogP) is -0.943. The summed E-state index contributed by atoms with van der Waals surface area (Å²) in [6.45, 7) is 0. The molecule has 2 unspecified atom stereocenters. The molecule has 2 atom stereocenters. The fourth-order valence-corrected chi connectivity index (χ4v) is 1.24. The first-order valence-corrected chi connectivity index (χ1v) is 4.54. The monoisotopic (exact) mass is 241 g/mol. The number of anilines is 1. The molecule has 6 N–H and O–H groups in total. The molecule has 0 aromatic heterocycles. The van der Waals surface area contributed by atoms with Gasteiger partial charge in [-0.25, -0.2) is 0 Å². The first kappa shape index (κ1) is 12.9. The van der Waals surface area contributed by atoms with Gasteiger partial charge in [-0.1, -0.05) is 6.07 Å². The Bertz CT molecular complexity index is 462. The summed E-state index contributed by atoms with van der Waals surface area (Å²) in [5.41, 5.74) is 9.62. The van der Waals surface area contributed by atoms with Crippen LogP contribution in [-0.2, 0) is 4.79 Å². The summed E-state index contributed by atoms with van der Waals surface area (Å²) in [7, 11) is 0. The third kappa shape index (κ3) is 2.68. The van der Waals surface area contributed by atoms with Crippen LogP contribution >= 0.6 is 0 Å². The van der Waals surface area contributed by atoms with E-state index in [9.17, 15) is 25.1 Å². The van der Waals surface area contributed by atoms with E-state index in [0.29, 0.717) is 0 Å². The van der Waals surface area contributed by atoms with Crippen LogP contribution in [0.1, 0.15) is 11.7 Å². The lowest BCUT2D eigenvalue weighted by Gasteiger charge is -2.15. The first-order valence-electron chi connectivity index (χ1n) is 4.54. The van der Waals surface area contributed by atoms with Crippen LogP contribution in [0.15, 0.2) is 18.2 Å². The quantitative estimate of drug-likeness (QED) is 0.303. The first-order chi connectivity index (χ1) is 7.84. The van der Waals surface area contributed by atoms with Crippen molar-refractivity contribution in [2.75, 3.05) is 5.73 Å². The van der Waals surface area contributed by atoms with Crippen molar-refractivity contribution < 1.29 is 19.9 Å². The van der Waals surface area contributed by atoms with Gasteiger partial charge in [-0.2, -0.15) is 0 Å². The van der Waals surface area contributed by atoms with Crippen LogP contribution in [0.25, 0.3) is 0 Å². The Hall–Kier alpha value is -2.19. The van der Waals surface area contributed by atoms with Crippen LogP contribution in [0, 0.1) is 10.1 Å². The zero-order valence-electron chi connectivity index (χ0n) is 8.61. The van der Waals surface area contributed by atoms with E-state index in [1.54, 1.807) is 0 Å². The second-order valence-electron chi connectivity index (χ2n) is 3.37. The van der Waals surface area contributed by atoms with Crippen LogP contribution in [0.5, 0.6) is 0 Å². The molecular weight excluding hydrogens is 230 g/mol. The van der Waals surface area contributed by atoms with Crippen molar-refractivity contribution in [1.82, 2.24) is 0 Å². The Morgan fingerprint density at radius 3 is 2.47 bits per heavy atom. The number of nitro benzene ring substituents is 1. The number of carbonyl (C=O) groups is 1. The number of rotatable bonds is 4. The summed E-state index contributed by atoms with van der Waals surface area (Å²) in [6.07, 6.45) is -3.47. The minimum absolute atomic E-state index is 0.0165. The van der Waals surface area contributed by atoms with Gasteiger partial charge in [0.25, 0.3) is 5.69 Å². The molecule has 1 rings (SSSR count). The number of nitrogens with two attached hydrogens (primary N) is 2. The molecule has 8 nitrogen and oxygen atoms in total. The van der Waals surface area contributed by atoms with Gasteiger partial charge < -0.3 is 21.7 Å². The number of nitrogen functional groups attached to an aromatic ring is 1. The highest BCUT2D eigenvalue weighted by molar-refractivity contribution is 5.79. The summed E-state index contributed by atoms with van der Waals surface area (Å²) >= 11 is 0. The van der Waals surface area contributed by atoms with Crippen molar-refractivity contribution in [2.24, 2.45) is 5.73 Å². The van der Waals surface area contributed by atoms with Crippen LogP contribution in [0.4, 0.5) is 11.4 Å².